The van der Waals surface area contributed by atoms with Crippen molar-refractivity contribution in [3.05, 3.63) is 94.0 Å². The van der Waals surface area contributed by atoms with Gasteiger partial charge in [0, 0.05) is 23.2 Å². The van der Waals surface area contributed by atoms with Gasteiger partial charge in [0.2, 0.25) is 10.0 Å². The van der Waals surface area contributed by atoms with E-state index in [4.69, 9.17) is 5.14 Å². The first-order chi connectivity index (χ1) is 13.7. The molecule has 0 unspecified atom stereocenters. The van der Waals surface area contributed by atoms with E-state index in [1.807, 2.05) is 18.2 Å². The van der Waals surface area contributed by atoms with Crippen LogP contribution in [-0.2, 0) is 23.1 Å². The number of hydrogen-bond acceptors (Lipinski definition) is 3. The molecule has 0 aliphatic heterocycles. The van der Waals surface area contributed by atoms with Crippen LogP contribution in [0.5, 0.6) is 0 Å². The maximum atomic E-state index is 11.8. The molecule has 3 rings (SSSR count). The molecule has 0 aromatic heterocycles. The van der Waals surface area contributed by atoms with E-state index in [0.717, 1.165) is 21.3 Å². The van der Waals surface area contributed by atoms with Crippen LogP contribution in [0.25, 0.3) is 0 Å². The van der Waals surface area contributed by atoms with Gasteiger partial charge >= 0.3 is 0 Å². The van der Waals surface area contributed by atoms with Crippen LogP contribution in [0.1, 0.15) is 36.5 Å². The summed E-state index contributed by atoms with van der Waals surface area (Å²) in [5.74, 6) is 0.480. The Balaban J connectivity index is 1.95. The molecule has 0 heterocycles. The molecule has 0 aliphatic rings. The second-order valence-corrected chi connectivity index (χ2v) is 9.90. The predicted molar refractivity (Wildman–Crippen MR) is 122 cm³/mol. The molecule has 3 aromatic rings. The third-order valence-electron chi connectivity index (χ3n) is 4.79. The second kappa shape index (κ2) is 9.11. The van der Waals surface area contributed by atoms with E-state index in [9.17, 15) is 8.42 Å². The molecule has 0 spiro atoms. The molecule has 0 saturated carbocycles. The zero-order valence-electron chi connectivity index (χ0n) is 16.5. The Morgan fingerprint density at radius 2 is 1.55 bits per heavy atom. The first-order valence-corrected chi connectivity index (χ1v) is 11.8. The molecular weight excluding hydrogens is 448 g/mol. The molecule has 0 atom stereocenters. The van der Waals surface area contributed by atoms with Crippen LogP contribution in [0.3, 0.4) is 0 Å². The van der Waals surface area contributed by atoms with E-state index in [1.165, 1.54) is 11.6 Å². The zero-order valence-corrected chi connectivity index (χ0v) is 18.9. The highest BCUT2D eigenvalue weighted by Crippen LogP contribution is 2.25. The van der Waals surface area contributed by atoms with Crippen LogP contribution in [0.4, 0.5) is 5.69 Å². The Kier molecular flexibility index (Phi) is 6.77. The number of rotatable bonds is 7. The predicted octanol–water partition coefficient (Wildman–Crippen LogP) is 5.43. The van der Waals surface area contributed by atoms with Crippen molar-refractivity contribution < 1.29 is 8.42 Å². The maximum absolute atomic E-state index is 11.8. The average molecular weight is 473 g/mol. The maximum Gasteiger partial charge on any atom is 0.238 e. The van der Waals surface area contributed by atoms with E-state index in [-0.39, 0.29) is 4.90 Å². The van der Waals surface area contributed by atoms with E-state index in [0.29, 0.717) is 19.0 Å². The fourth-order valence-electron chi connectivity index (χ4n) is 3.18. The van der Waals surface area contributed by atoms with Crippen molar-refractivity contribution >= 4 is 31.6 Å². The number of primary sulfonamides is 1. The SMILES string of the molecule is CC(C)c1ccc(CN(Cc2cccc(Br)c2)c2cccc(S(N)(=O)=O)c2)cc1. The van der Waals surface area contributed by atoms with Gasteiger partial charge in [0.05, 0.1) is 4.90 Å². The summed E-state index contributed by atoms with van der Waals surface area (Å²) in [6.45, 7) is 5.64. The number of hydrogen-bond donors (Lipinski definition) is 1. The van der Waals surface area contributed by atoms with Gasteiger partial charge in [0.1, 0.15) is 0 Å². The summed E-state index contributed by atoms with van der Waals surface area (Å²) in [4.78, 5) is 2.27. The monoisotopic (exact) mass is 472 g/mol. The third-order valence-corrected chi connectivity index (χ3v) is 6.20. The molecule has 29 heavy (non-hydrogen) atoms. The lowest BCUT2D eigenvalue weighted by Gasteiger charge is -2.26. The van der Waals surface area contributed by atoms with Gasteiger partial charge in [-0.3, -0.25) is 0 Å². The Bertz CT molecular complexity index is 1080. The quantitative estimate of drug-likeness (QED) is 0.498. The van der Waals surface area contributed by atoms with Crippen LogP contribution in [0.2, 0.25) is 0 Å². The molecule has 6 heteroatoms. The van der Waals surface area contributed by atoms with E-state index < -0.39 is 10.0 Å². The average Bonchev–Trinajstić information content (AvgIpc) is 2.67. The van der Waals surface area contributed by atoms with Crippen LogP contribution < -0.4 is 10.0 Å². The highest BCUT2D eigenvalue weighted by Gasteiger charge is 2.14. The third kappa shape index (κ3) is 5.92. The molecule has 0 fully saturated rings. The Hall–Kier alpha value is -2.15. The minimum atomic E-state index is -3.76. The smallest absolute Gasteiger partial charge is 0.238 e. The normalized spacial score (nSPS) is 11.6. The Morgan fingerprint density at radius 1 is 0.897 bits per heavy atom. The minimum Gasteiger partial charge on any atom is -0.363 e. The highest BCUT2D eigenvalue weighted by atomic mass is 79.9. The summed E-state index contributed by atoms with van der Waals surface area (Å²) in [5.41, 5.74) is 4.39. The van der Waals surface area contributed by atoms with Gasteiger partial charge in [-0.15, -0.1) is 0 Å². The summed E-state index contributed by atoms with van der Waals surface area (Å²) in [5, 5.41) is 5.34. The topological polar surface area (TPSA) is 63.4 Å². The first-order valence-electron chi connectivity index (χ1n) is 9.43. The van der Waals surface area contributed by atoms with Crippen molar-refractivity contribution in [2.24, 2.45) is 5.14 Å². The van der Waals surface area contributed by atoms with Gasteiger partial charge in [0.25, 0.3) is 0 Å². The molecule has 4 nitrogen and oxygen atoms in total. The van der Waals surface area contributed by atoms with Gasteiger partial charge in [0.15, 0.2) is 0 Å². The lowest BCUT2D eigenvalue weighted by Crippen LogP contribution is -2.23. The molecule has 2 N–H and O–H groups in total. The van der Waals surface area contributed by atoms with Crippen LogP contribution in [-0.4, -0.2) is 8.42 Å². The van der Waals surface area contributed by atoms with Gasteiger partial charge in [-0.1, -0.05) is 72.2 Å². The summed E-state index contributed by atoms with van der Waals surface area (Å²) in [6, 6.07) is 23.5. The van der Waals surface area contributed by atoms with Gasteiger partial charge < -0.3 is 4.90 Å². The van der Waals surface area contributed by atoms with E-state index in [2.05, 4.69) is 71.1 Å². The number of nitrogens with two attached hydrogens (primary N) is 1. The lowest BCUT2D eigenvalue weighted by atomic mass is 10.0. The fraction of sp³-hybridized carbons (Fsp3) is 0.217. The van der Waals surface area contributed by atoms with E-state index >= 15 is 0 Å². The van der Waals surface area contributed by atoms with Gasteiger partial charge in [-0.05, 0) is 52.9 Å². The molecule has 0 aliphatic carbocycles. The second-order valence-electron chi connectivity index (χ2n) is 7.42. The summed E-state index contributed by atoms with van der Waals surface area (Å²) in [7, 11) is -3.76. The largest absolute Gasteiger partial charge is 0.363 e. The van der Waals surface area contributed by atoms with Crippen molar-refractivity contribution in [3.8, 4) is 0 Å². The molecule has 0 amide bonds. The molecule has 0 radical (unpaired) electrons. The van der Waals surface area contributed by atoms with Crippen molar-refractivity contribution in [2.45, 2.75) is 37.8 Å². The lowest BCUT2D eigenvalue weighted by molar-refractivity contribution is 0.597. The number of benzene rings is 3. The molecule has 3 aromatic carbocycles. The number of nitrogens with zero attached hydrogens (tertiary/aromatic N) is 1. The summed E-state index contributed by atoms with van der Waals surface area (Å²) >= 11 is 3.52. The van der Waals surface area contributed by atoms with E-state index in [1.54, 1.807) is 12.1 Å². The van der Waals surface area contributed by atoms with Gasteiger partial charge in [-0.25, -0.2) is 13.6 Å². The zero-order chi connectivity index (χ0) is 21.0. The molecule has 0 bridgehead atoms. The Morgan fingerprint density at radius 3 is 2.17 bits per heavy atom. The molecule has 0 saturated heterocycles. The number of sulfonamides is 1. The Labute approximate surface area is 181 Å². The number of halogens is 1. The van der Waals surface area contributed by atoms with Crippen LogP contribution in [0.15, 0.2) is 82.2 Å². The fourth-order valence-corrected chi connectivity index (χ4v) is 4.18. The minimum absolute atomic E-state index is 0.115. The van der Waals surface area contributed by atoms with Crippen LogP contribution in [0, 0.1) is 0 Å². The molecule has 152 valence electrons. The summed E-state index contributed by atoms with van der Waals surface area (Å²) < 4.78 is 24.7. The van der Waals surface area contributed by atoms with Crippen LogP contribution >= 0.6 is 15.9 Å². The van der Waals surface area contributed by atoms with Crippen molar-refractivity contribution in [2.75, 3.05) is 4.90 Å². The summed E-state index contributed by atoms with van der Waals surface area (Å²) in [6.07, 6.45) is 0. The van der Waals surface area contributed by atoms with Crippen molar-refractivity contribution in [3.63, 3.8) is 0 Å². The number of anilines is 1. The van der Waals surface area contributed by atoms with Crippen molar-refractivity contribution in [1.29, 1.82) is 0 Å². The first kappa shape index (κ1) is 21.6. The molecular formula is C23H25BrN2O2S. The highest BCUT2D eigenvalue weighted by molar-refractivity contribution is 9.10. The van der Waals surface area contributed by atoms with Crippen molar-refractivity contribution in [1.82, 2.24) is 0 Å². The standard InChI is InChI=1S/C23H25BrN2O2S/c1-17(2)20-11-9-18(10-12-20)15-26(16-19-5-3-6-21(24)13-19)22-7-4-8-23(14-22)29(25,27)28/h3-14,17H,15-16H2,1-2H3,(H2,25,27,28). The van der Waals surface area contributed by atoms with Gasteiger partial charge in [-0.2, -0.15) is 0 Å².